The van der Waals surface area contributed by atoms with Crippen LogP contribution >= 0.6 is 0 Å². The van der Waals surface area contributed by atoms with Gasteiger partial charge in [0, 0.05) is 51.2 Å². The first-order valence-electron chi connectivity index (χ1n) is 11.6. The maximum atomic E-state index is 13.2. The van der Waals surface area contributed by atoms with Gasteiger partial charge in [-0.25, -0.2) is 0 Å². The van der Waals surface area contributed by atoms with Crippen LogP contribution in [0, 0.1) is 0 Å². The summed E-state index contributed by atoms with van der Waals surface area (Å²) in [4.78, 5) is 34.0. The molecule has 2 aliphatic rings. The Morgan fingerprint density at radius 2 is 2.00 bits per heavy atom. The van der Waals surface area contributed by atoms with E-state index in [0.29, 0.717) is 32.5 Å². The minimum atomic E-state index is -0.217. The van der Waals surface area contributed by atoms with Crippen molar-refractivity contribution in [1.29, 1.82) is 0 Å². The molecule has 0 unspecified atom stereocenters. The highest BCUT2D eigenvalue weighted by Gasteiger charge is 2.34. The van der Waals surface area contributed by atoms with E-state index in [1.165, 1.54) is 6.42 Å². The molecule has 172 valence electrons. The van der Waals surface area contributed by atoms with Gasteiger partial charge in [-0.2, -0.15) is 5.10 Å². The minimum Gasteiger partial charge on any atom is -0.370 e. The Bertz CT molecular complexity index is 894. The van der Waals surface area contributed by atoms with E-state index in [2.05, 4.69) is 10.1 Å². The molecule has 0 N–H and O–H groups in total. The van der Waals surface area contributed by atoms with Crippen molar-refractivity contribution in [3.63, 3.8) is 0 Å². The van der Waals surface area contributed by atoms with Crippen LogP contribution in [0.1, 0.15) is 49.7 Å². The van der Waals surface area contributed by atoms with E-state index in [-0.39, 0.29) is 30.5 Å². The van der Waals surface area contributed by atoms with Gasteiger partial charge in [0.1, 0.15) is 0 Å². The lowest BCUT2D eigenvalue weighted by Gasteiger charge is -2.34. The number of hydrogen-bond acceptors (Lipinski definition) is 5. The predicted molar refractivity (Wildman–Crippen MR) is 120 cm³/mol. The zero-order valence-electron chi connectivity index (χ0n) is 18.9. The standard InChI is InChI=1S/C24H33N5O3/c1-27-14-19(13-26-27)9-10-23(30)28-15-22(32-18-20-6-5-11-25-12-20)16-29(24(31)17-28)21-7-3-2-4-8-21/h5-6,11-14,21-22H,2-4,7-10,15-18H2,1H3/t22-/m0/s1. The molecular formula is C24H33N5O3. The molecule has 2 aromatic heterocycles. The number of aryl methyl sites for hydroxylation is 2. The van der Waals surface area contributed by atoms with Gasteiger partial charge in [-0.15, -0.1) is 0 Å². The fourth-order valence-corrected chi connectivity index (χ4v) is 4.69. The van der Waals surface area contributed by atoms with E-state index in [4.69, 9.17) is 4.74 Å². The average molecular weight is 440 g/mol. The third-order valence-corrected chi connectivity index (χ3v) is 6.43. The second kappa shape index (κ2) is 10.7. The summed E-state index contributed by atoms with van der Waals surface area (Å²) in [7, 11) is 1.86. The molecule has 1 saturated heterocycles. The number of pyridine rings is 1. The van der Waals surface area contributed by atoms with E-state index in [1.54, 1.807) is 28.2 Å². The Morgan fingerprint density at radius 1 is 1.16 bits per heavy atom. The normalized spacial score (nSPS) is 20.4. The van der Waals surface area contributed by atoms with Gasteiger partial charge in [0.05, 0.1) is 25.5 Å². The van der Waals surface area contributed by atoms with Gasteiger partial charge in [0.25, 0.3) is 0 Å². The maximum Gasteiger partial charge on any atom is 0.242 e. The van der Waals surface area contributed by atoms with Crippen LogP contribution in [0.3, 0.4) is 0 Å². The highest BCUT2D eigenvalue weighted by molar-refractivity contribution is 5.85. The summed E-state index contributed by atoms with van der Waals surface area (Å²) in [5, 5.41) is 4.17. The van der Waals surface area contributed by atoms with Gasteiger partial charge in [-0.05, 0) is 36.5 Å². The summed E-state index contributed by atoms with van der Waals surface area (Å²) >= 11 is 0. The molecule has 32 heavy (non-hydrogen) atoms. The van der Waals surface area contributed by atoms with E-state index < -0.39 is 0 Å². The van der Waals surface area contributed by atoms with Gasteiger partial charge in [-0.1, -0.05) is 25.3 Å². The number of nitrogens with zero attached hydrogens (tertiary/aromatic N) is 5. The summed E-state index contributed by atoms with van der Waals surface area (Å²) in [6.07, 6.45) is 13.6. The van der Waals surface area contributed by atoms with E-state index in [1.807, 2.05) is 30.3 Å². The largest absolute Gasteiger partial charge is 0.370 e. The second-order valence-electron chi connectivity index (χ2n) is 8.93. The third kappa shape index (κ3) is 5.94. The van der Waals surface area contributed by atoms with Crippen molar-refractivity contribution in [2.45, 2.75) is 63.7 Å². The first kappa shape index (κ1) is 22.5. The molecule has 1 atom stereocenters. The molecule has 1 aliphatic heterocycles. The fraction of sp³-hybridized carbons (Fsp3) is 0.583. The number of carbonyl (C=O) groups is 2. The molecule has 2 amide bonds. The smallest absolute Gasteiger partial charge is 0.242 e. The summed E-state index contributed by atoms with van der Waals surface area (Å²) in [6.45, 7) is 1.52. The van der Waals surface area contributed by atoms with Gasteiger partial charge < -0.3 is 14.5 Å². The average Bonchev–Trinajstić information content (AvgIpc) is 3.16. The van der Waals surface area contributed by atoms with Crippen molar-refractivity contribution in [3.8, 4) is 0 Å². The molecule has 0 aromatic carbocycles. The van der Waals surface area contributed by atoms with Crippen LogP contribution < -0.4 is 0 Å². The van der Waals surface area contributed by atoms with Gasteiger partial charge >= 0.3 is 0 Å². The van der Waals surface area contributed by atoms with Gasteiger partial charge in [0.2, 0.25) is 11.8 Å². The Kier molecular flexibility index (Phi) is 7.52. The molecule has 3 heterocycles. The molecule has 0 radical (unpaired) electrons. The lowest BCUT2D eigenvalue weighted by Crippen LogP contribution is -2.46. The maximum absolute atomic E-state index is 13.2. The lowest BCUT2D eigenvalue weighted by atomic mass is 9.94. The van der Waals surface area contributed by atoms with Crippen molar-refractivity contribution in [2.24, 2.45) is 7.05 Å². The third-order valence-electron chi connectivity index (χ3n) is 6.43. The Labute approximate surface area is 189 Å². The quantitative estimate of drug-likeness (QED) is 0.662. The number of aromatic nitrogens is 3. The monoisotopic (exact) mass is 439 g/mol. The van der Waals surface area contributed by atoms with Crippen LogP contribution in [0.15, 0.2) is 36.9 Å². The Balaban J connectivity index is 1.43. The second-order valence-corrected chi connectivity index (χ2v) is 8.93. The molecule has 8 heteroatoms. The van der Waals surface area contributed by atoms with Crippen molar-refractivity contribution in [2.75, 3.05) is 19.6 Å². The first-order chi connectivity index (χ1) is 15.6. The Morgan fingerprint density at radius 3 is 2.72 bits per heavy atom. The van der Waals surface area contributed by atoms with Crippen molar-refractivity contribution >= 4 is 11.8 Å². The van der Waals surface area contributed by atoms with Crippen LogP contribution in [0.5, 0.6) is 0 Å². The number of amides is 2. The summed E-state index contributed by atoms with van der Waals surface area (Å²) in [6, 6.07) is 4.12. The van der Waals surface area contributed by atoms with Crippen molar-refractivity contribution < 1.29 is 14.3 Å². The highest BCUT2D eigenvalue weighted by atomic mass is 16.5. The van der Waals surface area contributed by atoms with Crippen LogP contribution in [0.25, 0.3) is 0 Å². The summed E-state index contributed by atoms with van der Waals surface area (Å²) in [5.41, 5.74) is 2.01. The molecule has 1 aliphatic carbocycles. The highest BCUT2D eigenvalue weighted by Crippen LogP contribution is 2.25. The first-order valence-corrected chi connectivity index (χ1v) is 11.6. The number of carbonyl (C=O) groups excluding carboxylic acids is 2. The molecule has 2 fully saturated rings. The van der Waals surface area contributed by atoms with Gasteiger partial charge in [0.15, 0.2) is 0 Å². The van der Waals surface area contributed by atoms with Crippen LogP contribution in [-0.4, -0.2) is 68.2 Å². The zero-order valence-corrected chi connectivity index (χ0v) is 18.9. The molecular weight excluding hydrogens is 406 g/mol. The molecule has 0 bridgehead atoms. The summed E-state index contributed by atoms with van der Waals surface area (Å²) < 4.78 is 7.96. The van der Waals surface area contributed by atoms with Crippen LogP contribution in [0.2, 0.25) is 0 Å². The summed E-state index contributed by atoms with van der Waals surface area (Å²) in [5.74, 6) is 0.0294. The molecule has 2 aromatic rings. The van der Waals surface area contributed by atoms with Crippen LogP contribution in [0.4, 0.5) is 0 Å². The fourth-order valence-electron chi connectivity index (χ4n) is 4.69. The van der Waals surface area contributed by atoms with Crippen molar-refractivity contribution in [1.82, 2.24) is 24.6 Å². The zero-order chi connectivity index (χ0) is 22.3. The molecule has 0 spiro atoms. The van der Waals surface area contributed by atoms with E-state index in [9.17, 15) is 9.59 Å². The number of rotatable bonds is 7. The van der Waals surface area contributed by atoms with Crippen LogP contribution in [-0.2, 0) is 34.4 Å². The van der Waals surface area contributed by atoms with Gasteiger partial charge in [-0.3, -0.25) is 19.3 Å². The topological polar surface area (TPSA) is 80.6 Å². The Hall–Kier alpha value is -2.74. The predicted octanol–water partition coefficient (Wildman–Crippen LogP) is 2.34. The molecule has 4 rings (SSSR count). The molecule has 8 nitrogen and oxygen atoms in total. The SMILES string of the molecule is Cn1cc(CCC(=O)N2CC(=O)N(C3CCCCC3)C[C@@H](OCc3cccnc3)C2)cn1. The number of hydrogen-bond donors (Lipinski definition) is 0. The van der Waals surface area contributed by atoms with Crippen molar-refractivity contribution in [3.05, 3.63) is 48.0 Å². The lowest BCUT2D eigenvalue weighted by molar-refractivity contribution is -0.140. The molecule has 1 saturated carbocycles. The minimum absolute atomic E-state index is 0.0114. The number of ether oxygens (including phenoxy) is 1. The van der Waals surface area contributed by atoms with E-state index in [0.717, 1.165) is 36.8 Å². The van der Waals surface area contributed by atoms with E-state index >= 15 is 0 Å².